The van der Waals surface area contributed by atoms with Crippen molar-refractivity contribution >= 4 is 0 Å². The topological polar surface area (TPSA) is 34.2 Å². The van der Waals surface area contributed by atoms with Gasteiger partial charge in [0.2, 0.25) is 0 Å². The van der Waals surface area contributed by atoms with Gasteiger partial charge < -0.3 is 10.1 Å². The molecule has 1 aromatic rings. The van der Waals surface area contributed by atoms with Crippen molar-refractivity contribution in [2.75, 3.05) is 13.7 Å². The Balaban J connectivity index is 2.60. The summed E-state index contributed by atoms with van der Waals surface area (Å²) < 4.78 is 5.53. The third-order valence-electron chi connectivity index (χ3n) is 3.21. The number of hydrogen-bond donors (Lipinski definition) is 1. The molecule has 1 rings (SSSR count). The quantitative estimate of drug-likeness (QED) is 0.770. The van der Waals surface area contributed by atoms with E-state index in [9.17, 15) is 0 Å². The van der Waals surface area contributed by atoms with E-state index in [1.165, 1.54) is 5.56 Å². The Morgan fingerprint density at radius 2 is 2.00 bits per heavy atom. The van der Waals surface area contributed by atoms with Gasteiger partial charge in [-0.25, -0.2) is 0 Å². The third-order valence-corrected chi connectivity index (χ3v) is 3.21. The fourth-order valence-corrected chi connectivity index (χ4v) is 2.05. The summed E-state index contributed by atoms with van der Waals surface area (Å²) >= 11 is 0. The highest BCUT2D eigenvalue weighted by Gasteiger charge is 2.22. The van der Waals surface area contributed by atoms with Crippen molar-refractivity contribution in [3.63, 3.8) is 0 Å². The van der Waals surface area contributed by atoms with Crippen molar-refractivity contribution in [3.05, 3.63) is 30.1 Å². The number of nitrogens with one attached hydrogen (secondary N) is 1. The van der Waals surface area contributed by atoms with Crippen LogP contribution in [0.15, 0.2) is 24.5 Å². The third kappa shape index (κ3) is 5.61. The largest absolute Gasteiger partial charge is 0.379 e. The maximum absolute atomic E-state index is 5.53. The van der Waals surface area contributed by atoms with Crippen molar-refractivity contribution in [3.8, 4) is 0 Å². The van der Waals surface area contributed by atoms with Crippen LogP contribution in [0.1, 0.15) is 39.2 Å². The predicted molar refractivity (Wildman–Crippen MR) is 75.7 cm³/mol. The molecule has 1 unspecified atom stereocenters. The lowest BCUT2D eigenvalue weighted by Gasteiger charge is -2.29. The van der Waals surface area contributed by atoms with Gasteiger partial charge in [0.05, 0.1) is 5.60 Å². The number of hydrogen-bond acceptors (Lipinski definition) is 3. The molecule has 0 amide bonds. The first kappa shape index (κ1) is 15.1. The molecule has 0 saturated carbocycles. The second kappa shape index (κ2) is 7.49. The molecule has 0 aliphatic carbocycles. The fraction of sp³-hybridized carbons (Fsp3) is 0.667. The fourth-order valence-electron chi connectivity index (χ4n) is 2.05. The standard InChI is InChI=1S/C15H26N2O/c1-5-8-17-14(12-15(2,3)18-4)11-13-6-9-16-10-7-13/h6-7,9-10,14,17H,5,8,11-12H2,1-4H3. The number of pyridine rings is 1. The van der Waals surface area contributed by atoms with Crippen molar-refractivity contribution in [1.29, 1.82) is 0 Å². The lowest BCUT2D eigenvalue weighted by molar-refractivity contribution is 0.00714. The smallest absolute Gasteiger partial charge is 0.0637 e. The molecule has 0 aromatic carbocycles. The van der Waals surface area contributed by atoms with Gasteiger partial charge in [0.1, 0.15) is 0 Å². The zero-order valence-electron chi connectivity index (χ0n) is 12.1. The molecule has 1 heterocycles. The van der Waals surface area contributed by atoms with Gasteiger partial charge in [0.15, 0.2) is 0 Å². The summed E-state index contributed by atoms with van der Waals surface area (Å²) in [4.78, 5) is 4.06. The molecule has 1 aromatic heterocycles. The van der Waals surface area contributed by atoms with Crippen molar-refractivity contribution < 1.29 is 4.74 Å². The highest BCUT2D eigenvalue weighted by Crippen LogP contribution is 2.18. The van der Waals surface area contributed by atoms with Crippen molar-refractivity contribution in [1.82, 2.24) is 10.3 Å². The Hall–Kier alpha value is -0.930. The number of rotatable bonds is 8. The van der Waals surface area contributed by atoms with E-state index in [-0.39, 0.29) is 5.60 Å². The van der Waals surface area contributed by atoms with Crippen LogP contribution in [0, 0.1) is 0 Å². The zero-order valence-corrected chi connectivity index (χ0v) is 12.1. The molecule has 0 saturated heterocycles. The monoisotopic (exact) mass is 250 g/mol. The van der Waals surface area contributed by atoms with Gasteiger partial charge in [0.25, 0.3) is 0 Å². The molecule has 0 bridgehead atoms. The number of methoxy groups -OCH3 is 1. The van der Waals surface area contributed by atoms with Gasteiger partial charge in [-0.1, -0.05) is 6.92 Å². The summed E-state index contributed by atoms with van der Waals surface area (Å²) in [5.74, 6) is 0. The SMILES string of the molecule is CCCNC(Cc1ccncc1)CC(C)(C)OC. The number of ether oxygens (including phenoxy) is 1. The highest BCUT2D eigenvalue weighted by molar-refractivity contribution is 5.11. The van der Waals surface area contributed by atoms with E-state index in [0.29, 0.717) is 6.04 Å². The first-order valence-electron chi connectivity index (χ1n) is 6.75. The summed E-state index contributed by atoms with van der Waals surface area (Å²) in [5, 5.41) is 3.61. The van der Waals surface area contributed by atoms with Crippen LogP contribution in [0.2, 0.25) is 0 Å². The maximum atomic E-state index is 5.53. The van der Waals surface area contributed by atoms with Crippen LogP contribution < -0.4 is 5.32 Å². The minimum absolute atomic E-state index is 0.0849. The van der Waals surface area contributed by atoms with Crippen LogP contribution >= 0.6 is 0 Å². The van der Waals surface area contributed by atoms with Crippen LogP contribution in [-0.4, -0.2) is 30.3 Å². The summed E-state index contributed by atoms with van der Waals surface area (Å²) in [6, 6.07) is 4.61. The molecule has 18 heavy (non-hydrogen) atoms. The van der Waals surface area contributed by atoms with Gasteiger partial charge in [0, 0.05) is 25.5 Å². The van der Waals surface area contributed by atoms with E-state index < -0.39 is 0 Å². The summed E-state index contributed by atoms with van der Waals surface area (Å²) in [6.45, 7) is 7.52. The summed E-state index contributed by atoms with van der Waals surface area (Å²) in [7, 11) is 1.78. The zero-order chi connectivity index (χ0) is 13.4. The molecule has 1 atom stereocenters. The van der Waals surface area contributed by atoms with Gasteiger partial charge in [-0.3, -0.25) is 4.98 Å². The van der Waals surface area contributed by atoms with Crippen molar-refractivity contribution in [2.45, 2.75) is 51.7 Å². The molecule has 1 N–H and O–H groups in total. The first-order chi connectivity index (χ1) is 8.57. The molecule has 0 radical (unpaired) electrons. The Labute approximate surface area is 111 Å². The summed E-state index contributed by atoms with van der Waals surface area (Å²) in [5.41, 5.74) is 1.24. The minimum atomic E-state index is -0.0849. The molecule has 102 valence electrons. The Morgan fingerprint density at radius 3 is 2.56 bits per heavy atom. The van der Waals surface area contributed by atoms with Crippen LogP contribution in [0.4, 0.5) is 0 Å². The van der Waals surface area contributed by atoms with E-state index in [0.717, 1.165) is 25.8 Å². The normalized spacial score (nSPS) is 13.6. The average Bonchev–Trinajstić information content (AvgIpc) is 2.37. The Kier molecular flexibility index (Phi) is 6.30. The van der Waals surface area contributed by atoms with Crippen LogP contribution in [0.25, 0.3) is 0 Å². The lowest BCUT2D eigenvalue weighted by Crippen LogP contribution is -2.39. The molecule has 0 spiro atoms. The Morgan fingerprint density at radius 1 is 1.33 bits per heavy atom. The van der Waals surface area contributed by atoms with Crippen LogP contribution in [0.5, 0.6) is 0 Å². The molecule has 3 nitrogen and oxygen atoms in total. The van der Waals surface area contributed by atoms with E-state index in [4.69, 9.17) is 4.74 Å². The molecule has 3 heteroatoms. The van der Waals surface area contributed by atoms with E-state index in [2.05, 4.69) is 43.2 Å². The summed E-state index contributed by atoms with van der Waals surface area (Å²) in [6.07, 6.45) is 6.89. The molecule has 0 fully saturated rings. The highest BCUT2D eigenvalue weighted by atomic mass is 16.5. The minimum Gasteiger partial charge on any atom is -0.379 e. The maximum Gasteiger partial charge on any atom is 0.0637 e. The molecule has 0 aliphatic heterocycles. The van der Waals surface area contributed by atoms with Crippen LogP contribution in [0.3, 0.4) is 0 Å². The van der Waals surface area contributed by atoms with Gasteiger partial charge in [-0.05, 0) is 57.4 Å². The first-order valence-corrected chi connectivity index (χ1v) is 6.75. The van der Waals surface area contributed by atoms with E-state index >= 15 is 0 Å². The van der Waals surface area contributed by atoms with Crippen molar-refractivity contribution in [2.24, 2.45) is 0 Å². The number of aromatic nitrogens is 1. The van der Waals surface area contributed by atoms with Gasteiger partial charge in [-0.2, -0.15) is 0 Å². The second-order valence-electron chi connectivity index (χ2n) is 5.38. The molecule has 0 aliphatic rings. The predicted octanol–water partition coefficient (Wildman–Crippen LogP) is 2.81. The Bertz CT molecular complexity index is 325. The molecular weight excluding hydrogens is 224 g/mol. The van der Waals surface area contributed by atoms with Crippen LogP contribution in [-0.2, 0) is 11.2 Å². The van der Waals surface area contributed by atoms with E-state index in [1.807, 2.05) is 12.4 Å². The second-order valence-corrected chi connectivity index (χ2v) is 5.38. The number of nitrogens with zero attached hydrogens (tertiary/aromatic N) is 1. The van der Waals surface area contributed by atoms with Gasteiger partial charge >= 0.3 is 0 Å². The van der Waals surface area contributed by atoms with E-state index in [1.54, 1.807) is 7.11 Å². The lowest BCUT2D eigenvalue weighted by atomic mass is 9.94. The van der Waals surface area contributed by atoms with Gasteiger partial charge in [-0.15, -0.1) is 0 Å². The average molecular weight is 250 g/mol. The molecular formula is C15H26N2O.